The molecule has 8 heteroatoms. The van der Waals surface area contributed by atoms with Crippen LogP contribution in [-0.4, -0.2) is 20.5 Å². The summed E-state index contributed by atoms with van der Waals surface area (Å²) in [5.74, 6) is -0.414. The second-order valence-corrected chi connectivity index (χ2v) is 3.90. The van der Waals surface area contributed by atoms with Gasteiger partial charge in [-0.05, 0) is 0 Å². The number of hydrogen-bond acceptors (Lipinski definition) is 5. The molecule has 1 amide bonds. The summed E-state index contributed by atoms with van der Waals surface area (Å²) >= 11 is 0. The topological polar surface area (TPSA) is 107 Å². The molecule has 1 aromatic carbocycles. The lowest BCUT2D eigenvalue weighted by Gasteiger charge is -2.11. The van der Waals surface area contributed by atoms with Crippen LogP contribution in [0.1, 0.15) is 6.92 Å². The van der Waals surface area contributed by atoms with Gasteiger partial charge in [0.1, 0.15) is 6.20 Å². The third kappa shape index (κ3) is 2.53. The van der Waals surface area contributed by atoms with Crippen molar-refractivity contribution in [1.82, 2.24) is 9.66 Å². The fraction of sp³-hybridized carbons (Fsp3) is 0.0833. The number of nitrogens with one attached hydrogen (secondary N) is 1. The highest BCUT2D eigenvalue weighted by molar-refractivity contribution is 5.81. The molecule has 0 aliphatic heterocycles. The maximum atomic E-state index is 12.0. The van der Waals surface area contributed by atoms with E-state index in [1.165, 1.54) is 6.92 Å². The van der Waals surface area contributed by atoms with Crippen molar-refractivity contribution in [1.29, 1.82) is 0 Å². The summed E-state index contributed by atoms with van der Waals surface area (Å²) in [7, 11) is 0. The van der Waals surface area contributed by atoms with Gasteiger partial charge in [-0.2, -0.15) is 4.68 Å². The predicted octanol–water partition coefficient (Wildman–Crippen LogP) is 0.908. The maximum absolute atomic E-state index is 12.0. The Hall–Kier alpha value is -3.03. The standard InChI is InChI=1S/C12H10N4O4/c1-8(17)14-15-11(9-5-3-2-4-6-9)13-7-10(12(15)18)16(19)20/h2-7H,1H3,(H,14,17). The van der Waals surface area contributed by atoms with E-state index in [1.54, 1.807) is 30.3 Å². The Labute approximate surface area is 112 Å². The first kappa shape index (κ1) is 13.4. The largest absolute Gasteiger partial charge is 0.354 e. The van der Waals surface area contributed by atoms with E-state index in [9.17, 15) is 19.7 Å². The molecule has 0 atom stereocenters. The van der Waals surface area contributed by atoms with Crippen LogP contribution >= 0.6 is 0 Å². The quantitative estimate of drug-likeness (QED) is 0.661. The Morgan fingerprint density at radius 3 is 2.55 bits per heavy atom. The van der Waals surface area contributed by atoms with Gasteiger partial charge in [0, 0.05) is 12.5 Å². The van der Waals surface area contributed by atoms with E-state index in [2.05, 4.69) is 10.4 Å². The highest BCUT2D eigenvalue weighted by Crippen LogP contribution is 2.15. The maximum Gasteiger partial charge on any atom is 0.354 e. The van der Waals surface area contributed by atoms with Gasteiger partial charge in [-0.25, -0.2) is 4.98 Å². The van der Waals surface area contributed by atoms with E-state index in [0.29, 0.717) is 5.56 Å². The third-order valence-corrected chi connectivity index (χ3v) is 2.44. The van der Waals surface area contributed by atoms with Crippen molar-refractivity contribution in [2.45, 2.75) is 6.92 Å². The van der Waals surface area contributed by atoms with E-state index in [4.69, 9.17) is 0 Å². The number of benzene rings is 1. The number of amides is 1. The van der Waals surface area contributed by atoms with Crippen molar-refractivity contribution < 1.29 is 9.72 Å². The molecule has 0 spiro atoms. The van der Waals surface area contributed by atoms with Gasteiger partial charge in [0.2, 0.25) is 5.91 Å². The van der Waals surface area contributed by atoms with E-state index < -0.39 is 22.1 Å². The molecule has 2 aromatic rings. The fourth-order valence-electron chi connectivity index (χ4n) is 1.62. The molecule has 20 heavy (non-hydrogen) atoms. The second kappa shape index (κ2) is 5.31. The van der Waals surface area contributed by atoms with Crippen LogP contribution in [0.2, 0.25) is 0 Å². The van der Waals surface area contributed by atoms with Gasteiger partial charge in [-0.3, -0.25) is 25.1 Å². The number of carbonyl (C=O) groups is 1. The molecule has 1 aromatic heterocycles. The van der Waals surface area contributed by atoms with Gasteiger partial charge in [-0.15, -0.1) is 0 Å². The molecule has 1 N–H and O–H groups in total. The molecule has 102 valence electrons. The summed E-state index contributed by atoms with van der Waals surface area (Å²) in [6.07, 6.45) is 0.878. The van der Waals surface area contributed by atoms with Crippen molar-refractivity contribution in [3.63, 3.8) is 0 Å². The Balaban J connectivity index is 2.69. The zero-order chi connectivity index (χ0) is 14.7. The van der Waals surface area contributed by atoms with E-state index >= 15 is 0 Å². The normalized spacial score (nSPS) is 10.1. The Morgan fingerprint density at radius 1 is 1.35 bits per heavy atom. The van der Waals surface area contributed by atoms with Crippen molar-refractivity contribution in [2.24, 2.45) is 0 Å². The first-order chi connectivity index (χ1) is 9.50. The van der Waals surface area contributed by atoms with Crippen LogP contribution in [0.25, 0.3) is 11.4 Å². The number of rotatable bonds is 3. The molecule has 0 aliphatic rings. The van der Waals surface area contributed by atoms with Gasteiger partial charge < -0.3 is 0 Å². The molecular weight excluding hydrogens is 264 g/mol. The summed E-state index contributed by atoms with van der Waals surface area (Å²) in [6.45, 7) is 1.19. The van der Waals surface area contributed by atoms with Crippen molar-refractivity contribution >= 4 is 11.6 Å². The minimum absolute atomic E-state index is 0.122. The predicted molar refractivity (Wildman–Crippen MR) is 70.6 cm³/mol. The average molecular weight is 274 g/mol. The number of hydrogen-bond donors (Lipinski definition) is 1. The summed E-state index contributed by atoms with van der Waals surface area (Å²) in [4.78, 5) is 37.0. The number of nitro groups is 1. The Kier molecular flexibility index (Phi) is 3.56. The first-order valence-corrected chi connectivity index (χ1v) is 5.60. The molecule has 0 saturated heterocycles. The van der Waals surface area contributed by atoms with Gasteiger partial charge in [-0.1, -0.05) is 30.3 Å². The molecule has 0 saturated carbocycles. The van der Waals surface area contributed by atoms with Crippen LogP contribution in [0, 0.1) is 10.1 Å². The number of aromatic nitrogens is 2. The lowest BCUT2D eigenvalue weighted by Crippen LogP contribution is -2.34. The van der Waals surface area contributed by atoms with Crippen LogP contribution in [0.15, 0.2) is 41.3 Å². The minimum atomic E-state index is -0.945. The lowest BCUT2D eigenvalue weighted by atomic mass is 10.2. The zero-order valence-electron chi connectivity index (χ0n) is 10.4. The van der Waals surface area contributed by atoms with Gasteiger partial charge in [0.05, 0.1) is 4.92 Å². The summed E-state index contributed by atoms with van der Waals surface area (Å²) in [5.41, 5.74) is 1.13. The Bertz CT molecular complexity index is 724. The van der Waals surface area contributed by atoms with Crippen LogP contribution in [0.4, 0.5) is 5.69 Å². The van der Waals surface area contributed by atoms with E-state index in [1.807, 2.05) is 0 Å². The lowest BCUT2D eigenvalue weighted by molar-refractivity contribution is -0.386. The molecule has 0 radical (unpaired) electrons. The van der Waals surface area contributed by atoms with Crippen LogP contribution in [0.5, 0.6) is 0 Å². The molecular formula is C12H10N4O4. The Morgan fingerprint density at radius 2 is 2.00 bits per heavy atom. The summed E-state index contributed by atoms with van der Waals surface area (Å²) in [5, 5.41) is 10.7. The number of nitrogens with zero attached hydrogens (tertiary/aromatic N) is 3. The summed E-state index contributed by atoms with van der Waals surface area (Å²) < 4.78 is 0.774. The number of carbonyl (C=O) groups excluding carboxylic acids is 1. The van der Waals surface area contributed by atoms with Crippen molar-refractivity contribution in [3.05, 3.63) is 57.0 Å². The molecule has 0 unspecified atom stereocenters. The van der Waals surface area contributed by atoms with E-state index in [0.717, 1.165) is 10.9 Å². The molecule has 0 aliphatic carbocycles. The van der Waals surface area contributed by atoms with Crippen molar-refractivity contribution in [2.75, 3.05) is 5.43 Å². The van der Waals surface area contributed by atoms with Gasteiger partial charge in [0.25, 0.3) is 0 Å². The van der Waals surface area contributed by atoms with Crippen LogP contribution in [-0.2, 0) is 4.79 Å². The van der Waals surface area contributed by atoms with Crippen LogP contribution in [0.3, 0.4) is 0 Å². The highest BCUT2D eigenvalue weighted by atomic mass is 16.6. The molecule has 8 nitrogen and oxygen atoms in total. The zero-order valence-corrected chi connectivity index (χ0v) is 10.4. The molecule has 0 bridgehead atoms. The summed E-state index contributed by atoms with van der Waals surface area (Å²) in [6, 6.07) is 8.57. The SMILES string of the molecule is CC(=O)Nn1c(-c2ccccc2)ncc([N+](=O)[O-])c1=O. The van der Waals surface area contributed by atoms with Gasteiger partial charge >= 0.3 is 11.2 Å². The molecule has 1 heterocycles. The molecule has 0 fully saturated rings. The third-order valence-electron chi connectivity index (χ3n) is 2.44. The monoisotopic (exact) mass is 274 g/mol. The highest BCUT2D eigenvalue weighted by Gasteiger charge is 2.20. The average Bonchev–Trinajstić information content (AvgIpc) is 2.41. The first-order valence-electron chi connectivity index (χ1n) is 5.60. The second-order valence-electron chi connectivity index (χ2n) is 3.90. The minimum Gasteiger partial charge on any atom is -0.274 e. The smallest absolute Gasteiger partial charge is 0.274 e. The van der Waals surface area contributed by atoms with Crippen molar-refractivity contribution in [3.8, 4) is 11.4 Å². The fourth-order valence-corrected chi connectivity index (χ4v) is 1.62. The molecule has 2 rings (SSSR count). The van der Waals surface area contributed by atoms with E-state index in [-0.39, 0.29) is 5.82 Å². The van der Waals surface area contributed by atoms with Crippen LogP contribution < -0.4 is 11.0 Å². The van der Waals surface area contributed by atoms with Gasteiger partial charge in [0.15, 0.2) is 5.82 Å².